The molecule has 0 atom stereocenters. The fraction of sp³-hybridized carbons (Fsp3) is 0.167. The minimum Gasteiger partial charge on any atom is -0.496 e. The van der Waals surface area contributed by atoms with E-state index in [1.807, 2.05) is 17.7 Å². The van der Waals surface area contributed by atoms with Crippen LogP contribution < -0.4 is 9.46 Å². The van der Waals surface area contributed by atoms with Crippen LogP contribution in [0.4, 0.5) is 0 Å². The Kier molecular flexibility index (Phi) is 5.41. The third-order valence-corrected chi connectivity index (χ3v) is 4.39. The maximum Gasteiger partial charge on any atom is 0.265 e. The van der Waals surface area contributed by atoms with Crippen molar-refractivity contribution in [1.29, 1.82) is 0 Å². The molecule has 0 aliphatic heterocycles. The number of sulfonamides is 1. The predicted octanol–water partition coefficient (Wildman–Crippen LogP) is 3.04. The third-order valence-electron chi connectivity index (χ3n) is 3.43. The molecule has 2 aromatic carbocycles. The summed E-state index contributed by atoms with van der Waals surface area (Å²) >= 11 is 0. The number of carbonyl (C=O) groups excluding carboxylic acids is 1. The van der Waals surface area contributed by atoms with Crippen molar-refractivity contribution in [3.8, 4) is 5.75 Å². The van der Waals surface area contributed by atoms with Crippen LogP contribution in [0, 0.1) is 13.8 Å². The quantitative estimate of drug-likeness (QED) is 0.904. The number of rotatable bonds is 5. The van der Waals surface area contributed by atoms with Crippen molar-refractivity contribution in [2.24, 2.45) is 0 Å². The molecule has 0 aliphatic carbocycles. The Balaban J connectivity index is 2.19. The molecule has 0 aromatic heterocycles. The van der Waals surface area contributed by atoms with Gasteiger partial charge < -0.3 is 4.74 Å². The summed E-state index contributed by atoms with van der Waals surface area (Å²) in [5, 5.41) is 0.951. The number of hydrogen-bond donors (Lipinski definition) is 1. The normalized spacial score (nSPS) is 11.5. The molecule has 0 spiro atoms. The lowest BCUT2D eigenvalue weighted by molar-refractivity contribution is 0.0981. The summed E-state index contributed by atoms with van der Waals surface area (Å²) in [4.78, 5) is 12.2. The molecule has 2 aromatic rings. The number of nitrogens with one attached hydrogen (secondary N) is 1. The number of para-hydroxylation sites is 1. The maximum absolute atomic E-state index is 12.2. The summed E-state index contributed by atoms with van der Waals surface area (Å²) in [7, 11) is -2.41. The van der Waals surface area contributed by atoms with E-state index in [-0.39, 0.29) is 0 Å². The molecule has 5 nitrogen and oxygen atoms in total. The van der Waals surface area contributed by atoms with Crippen LogP contribution in [-0.2, 0) is 10.0 Å². The third kappa shape index (κ3) is 4.45. The first-order valence-electron chi connectivity index (χ1n) is 7.28. The monoisotopic (exact) mass is 345 g/mol. The highest BCUT2D eigenvalue weighted by atomic mass is 32.2. The van der Waals surface area contributed by atoms with Gasteiger partial charge >= 0.3 is 0 Å². The molecule has 0 heterocycles. The Hall–Kier alpha value is -2.60. The number of ether oxygens (including phenoxy) is 1. The van der Waals surface area contributed by atoms with Gasteiger partial charge in [-0.05, 0) is 37.6 Å². The van der Waals surface area contributed by atoms with Gasteiger partial charge in [-0.2, -0.15) is 0 Å². The van der Waals surface area contributed by atoms with Gasteiger partial charge in [0.05, 0.1) is 12.5 Å². The zero-order valence-corrected chi connectivity index (χ0v) is 14.6. The second-order valence-electron chi connectivity index (χ2n) is 5.34. The fourth-order valence-corrected chi connectivity index (χ4v) is 3.02. The van der Waals surface area contributed by atoms with E-state index in [9.17, 15) is 13.2 Å². The van der Waals surface area contributed by atoms with Crippen molar-refractivity contribution < 1.29 is 17.9 Å². The highest BCUT2D eigenvalue weighted by Gasteiger charge is 2.15. The Morgan fingerprint density at radius 3 is 2.50 bits per heavy atom. The lowest BCUT2D eigenvalue weighted by Crippen LogP contribution is -2.29. The minimum absolute atomic E-state index is 0.329. The summed E-state index contributed by atoms with van der Waals surface area (Å²) in [6.45, 7) is 3.67. The van der Waals surface area contributed by atoms with Gasteiger partial charge in [0.25, 0.3) is 15.9 Å². The molecule has 0 radical (unpaired) electrons. The molecule has 1 amide bonds. The Bertz CT molecular complexity index is 886. The van der Waals surface area contributed by atoms with Gasteiger partial charge in [-0.25, -0.2) is 13.1 Å². The Labute approximate surface area is 142 Å². The molecule has 1 N–H and O–H groups in total. The molecule has 0 unspecified atom stereocenters. The topological polar surface area (TPSA) is 72.5 Å². The minimum atomic E-state index is -3.91. The standard InChI is InChI=1S/C18H19NO4S/c1-13-8-9-16(14(2)12-13)18(20)19-24(21,22)11-10-15-6-4-5-7-17(15)23-3/h4-12H,1-3H3,(H,19,20). The van der Waals surface area contributed by atoms with Gasteiger partial charge in [0.15, 0.2) is 0 Å². The summed E-state index contributed by atoms with van der Waals surface area (Å²) in [5.74, 6) is -0.109. The fourth-order valence-electron chi connectivity index (χ4n) is 2.25. The first-order chi connectivity index (χ1) is 11.3. The molecule has 0 aliphatic rings. The van der Waals surface area contributed by atoms with Crippen molar-refractivity contribution >= 4 is 22.0 Å². The summed E-state index contributed by atoms with van der Waals surface area (Å²) < 4.78 is 31.4. The average Bonchev–Trinajstić information content (AvgIpc) is 2.52. The number of benzene rings is 2. The molecular formula is C18H19NO4S. The van der Waals surface area contributed by atoms with Crippen LogP contribution in [-0.4, -0.2) is 21.4 Å². The van der Waals surface area contributed by atoms with Crippen LogP contribution in [0.25, 0.3) is 6.08 Å². The van der Waals surface area contributed by atoms with Gasteiger partial charge in [0, 0.05) is 11.1 Å². The van der Waals surface area contributed by atoms with Gasteiger partial charge in [0.2, 0.25) is 0 Å². The number of hydrogen-bond acceptors (Lipinski definition) is 4. The van der Waals surface area contributed by atoms with Crippen molar-refractivity contribution in [3.63, 3.8) is 0 Å². The molecule has 24 heavy (non-hydrogen) atoms. The molecule has 2 rings (SSSR count). The number of carbonyl (C=O) groups is 1. The Morgan fingerprint density at radius 2 is 1.83 bits per heavy atom. The smallest absolute Gasteiger partial charge is 0.265 e. The number of aryl methyl sites for hydroxylation is 2. The number of amides is 1. The van der Waals surface area contributed by atoms with E-state index in [1.54, 1.807) is 43.3 Å². The van der Waals surface area contributed by atoms with Crippen molar-refractivity contribution in [2.75, 3.05) is 7.11 Å². The molecule has 0 saturated heterocycles. The second-order valence-corrected chi connectivity index (χ2v) is 6.91. The van der Waals surface area contributed by atoms with Crippen molar-refractivity contribution in [1.82, 2.24) is 4.72 Å². The SMILES string of the molecule is COc1ccccc1C=CS(=O)(=O)NC(=O)c1ccc(C)cc1C. The molecule has 0 fully saturated rings. The zero-order valence-electron chi connectivity index (χ0n) is 13.7. The van der Waals surface area contributed by atoms with E-state index in [2.05, 4.69) is 0 Å². The van der Waals surface area contributed by atoms with Crippen molar-refractivity contribution in [3.05, 3.63) is 70.1 Å². The zero-order chi connectivity index (χ0) is 17.7. The molecule has 6 heteroatoms. The van der Waals surface area contributed by atoms with E-state index in [1.165, 1.54) is 13.2 Å². The van der Waals surface area contributed by atoms with Crippen LogP contribution in [0.1, 0.15) is 27.0 Å². The van der Waals surface area contributed by atoms with Crippen molar-refractivity contribution in [2.45, 2.75) is 13.8 Å². The lowest BCUT2D eigenvalue weighted by Gasteiger charge is -2.07. The van der Waals surface area contributed by atoms with E-state index in [0.717, 1.165) is 16.5 Å². The van der Waals surface area contributed by atoms with Gasteiger partial charge in [0.1, 0.15) is 5.75 Å². The van der Waals surface area contributed by atoms with Crippen LogP contribution >= 0.6 is 0 Å². The lowest BCUT2D eigenvalue weighted by atomic mass is 10.1. The highest BCUT2D eigenvalue weighted by Crippen LogP contribution is 2.19. The molecule has 0 bridgehead atoms. The number of methoxy groups -OCH3 is 1. The van der Waals surface area contributed by atoms with E-state index >= 15 is 0 Å². The first-order valence-corrected chi connectivity index (χ1v) is 8.82. The van der Waals surface area contributed by atoms with E-state index < -0.39 is 15.9 Å². The second kappa shape index (κ2) is 7.31. The van der Waals surface area contributed by atoms with Gasteiger partial charge in [-0.3, -0.25) is 4.79 Å². The van der Waals surface area contributed by atoms with Crippen LogP contribution in [0.15, 0.2) is 47.9 Å². The summed E-state index contributed by atoms with van der Waals surface area (Å²) in [6, 6.07) is 12.2. The predicted molar refractivity (Wildman–Crippen MR) is 94.3 cm³/mol. The van der Waals surface area contributed by atoms with Gasteiger partial charge in [-0.1, -0.05) is 35.9 Å². The van der Waals surface area contributed by atoms with Crippen LogP contribution in [0.5, 0.6) is 5.75 Å². The Morgan fingerprint density at radius 1 is 1.12 bits per heavy atom. The molecular weight excluding hydrogens is 326 g/mol. The highest BCUT2D eigenvalue weighted by molar-refractivity contribution is 7.93. The van der Waals surface area contributed by atoms with E-state index in [4.69, 9.17) is 4.74 Å². The van der Waals surface area contributed by atoms with Crippen LogP contribution in [0.3, 0.4) is 0 Å². The van der Waals surface area contributed by atoms with E-state index in [0.29, 0.717) is 16.9 Å². The van der Waals surface area contributed by atoms with Gasteiger partial charge in [-0.15, -0.1) is 0 Å². The summed E-state index contributed by atoms with van der Waals surface area (Å²) in [5.41, 5.74) is 2.65. The molecule has 126 valence electrons. The molecule has 0 saturated carbocycles. The van der Waals surface area contributed by atoms with Crippen LogP contribution in [0.2, 0.25) is 0 Å². The maximum atomic E-state index is 12.2. The first kappa shape index (κ1) is 17.7. The largest absolute Gasteiger partial charge is 0.496 e. The summed E-state index contributed by atoms with van der Waals surface area (Å²) in [6.07, 6.45) is 1.39. The average molecular weight is 345 g/mol.